The van der Waals surface area contributed by atoms with Gasteiger partial charge in [0.1, 0.15) is 48.3 Å². The summed E-state index contributed by atoms with van der Waals surface area (Å²) in [6, 6.07) is -3.30. The number of carboxylic acid groups (broad SMARTS) is 3. The first-order chi connectivity index (χ1) is 30.6. The lowest BCUT2D eigenvalue weighted by molar-refractivity contribution is -0.142. The van der Waals surface area contributed by atoms with Crippen LogP contribution in [0.3, 0.4) is 0 Å². The molecule has 13 N–H and O–H groups in total. The van der Waals surface area contributed by atoms with Crippen molar-refractivity contribution in [3.8, 4) is 0 Å². The van der Waals surface area contributed by atoms with Gasteiger partial charge in [0.25, 0.3) is 0 Å². The predicted molar refractivity (Wildman–Crippen MR) is 236 cm³/mol. The quantitative estimate of drug-likeness (QED) is 0.0445. The van der Waals surface area contributed by atoms with Gasteiger partial charge >= 0.3 is 17.9 Å². The standard InChI is InChI=1S/C43H67N9O14/c1-20(2)17-29(39(61)47-25(9)43(65)66)49-38(60)28(15-16-31(53)54)48-35(57)23(7)46-41(63)33(21(3)4)51-36(58)24(8)45-40(62)30(19-32(55)56)50-42(64)34(22(5)6)52-37(59)27(44)18-26-13-11-10-12-14-26/h10-14,20-25,27-30,33-34H,15-19,44H2,1-9H3,(H,45,62)(H,46,63)(H,47,61)(H,48,57)(H,49,60)(H,50,64)(H,51,58)(H,52,59)(H,53,54)(H,55,56)(H,65,66)/t23-,24-,25-,27-,28-,29-,30-,33-,34-/m0/s1. The maximum atomic E-state index is 13.5. The summed E-state index contributed by atoms with van der Waals surface area (Å²) in [5.74, 6) is -12.6. The molecule has 0 fully saturated rings. The molecule has 23 nitrogen and oxygen atoms in total. The lowest BCUT2D eigenvalue weighted by Gasteiger charge is -2.28. The molecule has 368 valence electrons. The second-order valence-electron chi connectivity index (χ2n) is 17.1. The van der Waals surface area contributed by atoms with E-state index < -0.39 is 151 Å². The van der Waals surface area contributed by atoms with Gasteiger partial charge in [-0.1, -0.05) is 71.9 Å². The highest BCUT2D eigenvalue weighted by Gasteiger charge is 2.35. The Morgan fingerprint density at radius 3 is 1.39 bits per heavy atom. The van der Waals surface area contributed by atoms with Crippen LogP contribution in [0.15, 0.2) is 30.3 Å². The predicted octanol–water partition coefficient (Wildman–Crippen LogP) is -1.72. The lowest BCUT2D eigenvalue weighted by Crippen LogP contribution is -2.60. The summed E-state index contributed by atoms with van der Waals surface area (Å²) in [6.45, 7) is 13.5. The Labute approximate surface area is 383 Å². The lowest BCUT2D eigenvalue weighted by atomic mass is 10.0. The van der Waals surface area contributed by atoms with Crippen molar-refractivity contribution in [2.45, 2.75) is 149 Å². The van der Waals surface area contributed by atoms with Crippen molar-refractivity contribution in [1.82, 2.24) is 42.5 Å². The minimum atomic E-state index is -1.72. The van der Waals surface area contributed by atoms with Gasteiger partial charge in [0, 0.05) is 6.42 Å². The van der Waals surface area contributed by atoms with E-state index in [9.17, 15) is 68.1 Å². The molecule has 9 atom stereocenters. The Bertz CT molecular complexity index is 1890. The summed E-state index contributed by atoms with van der Waals surface area (Å²) >= 11 is 0. The van der Waals surface area contributed by atoms with E-state index in [1.807, 2.05) is 0 Å². The first kappa shape index (κ1) is 57.4. The number of nitrogens with one attached hydrogen (secondary N) is 8. The average Bonchev–Trinajstić information content (AvgIpc) is 3.21. The molecule has 0 saturated heterocycles. The van der Waals surface area contributed by atoms with Crippen LogP contribution in [-0.2, 0) is 59.2 Å². The average molecular weight is 934 g/mol. The highest BCUT2D eigenvalue weighted by Crippen LogP contribution is 2.10. The van der Waals surface area contributed by atoms with E-state index in [2.05, 4.69) is 42.5 Å². The van der Waals surface area contributed by atoms with Crippen LogP contribution in [0, 0.1) is 17.8 Å². The van der Waals surface area contributed by atoms with Gasteiger partial charge in [0.15, 0.2) is 0 Å². The third kappa shape index (κ3) is 20.5. The Balaban J connectivity index is 3.07. The zero-order valence-corrected chi connectivity index (χ0v) is 38.8. The van der Waals surface area contributed by atoms with Crippen LogP contribution in [0.1, 0.15) is 93.6 Å². The van der Waals surface area contributed by atoms with Crippen molar-refractivity contribution >= 4 is 65.2 Å². The van der Waals surface area contributed by atoms with Gasteiger partial charge in [0.05, 0.1) is 12.5 Å². The van der Waals surface area contributed by atoms with Gasteiger partial charge in [-0.25, -0.2) is 0 Å². The van der Waals surface area contributed by atoms with Crippen LogP contribution < -0.4 is 48.3 Å². The summed E-state index contributed by atoms with van der Waals surface area (Å²) in [4.78, 5) is 141. The fourth-order valence-corrected chi connectivity index (χ4v) is 6.15. The molecule has 66 heavy (non-hydrogen) atoms. The number of rotatable bonds is 28. The molecule has 0 radical (unpaired) electrons. The highest BCUT2D eigenvalue weighted by molar-refractivity contribution is 5.98. The highest BCUT2D eigenvalue weighted by atomic mass is 16.4. The number of hydrogen-bond acceptors (Lipinski definition) is 12. The smallest absolute Gasteiger partial charge is 0.325 e. The number of aliphatic carboxylic acids is 3. The summed E-state index contributed by atoms with van der Waals surface area (Å²) < 4.78 is 0. The molecule has 0 aliphatic heterocycles. The van der Waals surface area contributed by atoms with Crippen LogP contribution in [0.4, 0.5) is 0 Å². The maximum absolute atomic E-state index is 13.5. The number of amides is 8. The van der Waals surface area contributed by atoms with Gasteiger partial charge in [-0.05, 0) is 63.4 Å². The molecule has 0 spiro atoms. The van der Waals surface area contributed by atoms with Gasteiger partial charge in [-0.3, -0.25) is 52.7 Å². The van der Waals surface area contributed by atoms with E-state index in [1.54, 1.807) is 71.9 Å². The Morgan fingerprint density at radius 1 is 0.485 bits per heavy atom. The van der Waals surface area contributed by atoms with E-state index in [0.29, 0.717) is 0 Å². The van der Waals surface area contributed by atoms with E-state index in [-0.39, 0.29) is 18.8 Å². The van der Waals surface area contributed by atoms with E-state index in [4.69, 9.17) is 5.73 Å². The molecule has 0 aliphatic rings. The third-order valence-corrected chi connectivity index (χ3v) is 9.99. The van der Waals surface area contributed by atoms with Gasteiger partial charge in [0.2, 0.25) is 47.3 Å². The van der Waals surface area contributed by atoms with Crippen LogP contribution in [-0.4, -0.2) is 135 Å². The number of benzene rings is 1. The number of carbonyl (C=O) groups excluding carboxylic acids is 8. The van der Waals surface area contributed by atoms with Crippen molar-refractivity contribution in [2.75, 3.05) is 0 Å². The SMILES string of the molecule is CC(C)C[C@H](NC(=O)[C@H](CCC(=O)O)NC(=O)[C@H](C)NC(=O)[C@@H](NC(=O)[C@H](C)NC(=O)[C@H](CC(=O)O)NC(=O)[C@@H](NC(=O)[C@@H](N)Cc1ccccc1)C(C)C)C(C)C)C(=O)N[C@@H](C)C(=O)O. The van der Waals surface area contributed by atoms with Crippen LogP contribution in [0.2, 0.25) is 0 Å². The van der Waals surface area contributed by atoms with Gasteiger partial charge < -0.3 is 63.6 Å². The summed E-state index contributed by atoms with van der Waals surface area (Å²) in [5.41, 5.74) is 6.86. The summed E-state index contributed by atoms with van der Waals surface area (Å²) in [6.07, 6.45) is -1.70. The Kier molecular flexibility index (Phi) is 24.0. The van der Waals surface area contributed by atoms with Crippen LogP contribution >= 0.6 is 0 Å². The Morgan fingerprint density at radius 2 is 0.909 bits per heavy atom. The number of carbonyl (C=O) groups is 11. The molecule has 0 aliphatic carbocycles. The first-order valence-corrected chi connectivity index (χ1v) is 21.5. The van der Waals surface area contributed by atoms with E-state index in [0.717, 1.165) is 5.56 Å². The van der Waals surface area contributed by atoms with E-state index in [1.165, 1.54) is 20.8 Å². The van der Waals surface area contributed by atoms with Crippen molar-refractivity contribution in [3.63, 3.8) is 0 Å². The topological polar surface area (TPSA) is 371 Å². The number of nitrogens with two attached hydrogens (primary N) is 1. The molecule has 0 unspecified atom stereocenters. The zero-order chi connectivity index (χ0) is 50.6. The molecular formula is C43H67N9O14. The summed E-state index contributed by atoms with van der Waals surface area (Å²) in [7, 11) is 0. The molecular weight excluding hydrogens is 867 g/mol. The largest absolute Gasteiger partial charge is 0.481 e. The zero-order valence-electron chi connectivity index (χ0n) is 38.8. The van der Waals surface area contributed by atoms with Crippen LogP contribution in [0.5, 0.6) is 0 Å². The van der Waals surface area contributed by atoms with Gasteiger partial charge in [-0.15, -0.1) is 0 Å². The molecule has 0 saturated carbocycles. The second-order valence-corrected chi connectivity index (χ2v) is 17.1. The molecule has 1 aromatic carbocycles. The van der Waals surface area contributed by atoms with Gasteiger partial charge in [-0.2, -0.15) is 0 Å². The molecule has 1 rings (SSSR count). The van der Waals surface area contributed by atoms with Crippen molar-refractivity contribution in [2.24, 2.45) is 23.5 Å². The normalized spacial score (nSPS) is 15.2. The molecule has 0 bridgehead atoms. The minimum absolute atomic E-state index is 0.0613. The molecule has 1 aromatic rings. The molecule has 8 amide bonds. The summed E-state index contributed by atoms with van der Waals surface area (Å²) in [5, 5.41) is 47.2. The monoisotopic (exact) mass is 933 g/mol. The van der Waals surface area contributed by atoms with Crippen molar-refractivity contribution < 1.29 is 68.1 Å². The fraction of sp³-hybridized carbons (Fsp3) is 0.605. The molecule has 23 heteroatoms. The van der Waals surface area contributed by atoms with E-state index >= 15 is 0 Å². The maximum Gasteiger partial charge on any atom is 0.325 e. The first-order valence-electron chi connectivity index (χ1n) is 21.5. The Hall–Kier alpha value is -6.65. The van der Waals surface area contributed by atoms with Crippen molar-refractivity contribution in [1.29, 1.82) is 0 Å². The second kappa shape index (κ2) is 27.6. The third-order valence-electron chi connectivity index (χ3n) is 9.99. The number of carboxylic acids is 3. The number of hydrogen-bond donors (Lipinski definition) is 12. The van der Waals surface area contributed by atoms with Crippen LogP contribution in [0.25, 0.3) is 0 Å². The van der Waals surface area contributed by atoms with Crippen molar-refractivity contribution in [3.05, 3.63) is 35.9 Å². The molecule has 0 aromatic heterocycles. The minimum Gasteiger partial charge on any atom is -0.481 e. The fourth-order valence-electron chi connectivity index (χ4n) is 6.15. The molecule has 0 heterocycles.